The average molecular weight is 239 g/mol. The number of nitrogen functional groups attached to an aromatic ring is 1. The molecule has 0 atom stereocenters. The van der Waals surface area contributed by atoms with Crippen LogP contribution in [0.2, 0.25) is 0 Å². The van der Waals surface area contributed by atoms with Gasteiger partial charge in [-0.3, -0.25) is 0 Å². The minimum absolute atomic E-state index is 0.257. The van der Waals surface area contributed by atoms with Gasteiger partial charge in [-0.15, -0.1) is 0 Å². The molecule has 0 aliphatic carbocycles. The highest BCUT2D eigenvalue weighted by Gasteiger charge is 2.11. The van der Waals surface area contributed by atoms with Crippen molar-refractivity contribution < 1.29 is 4.42 Å². The Bertz CT molecular complexity index is 731. The number of benzene rings is 1. The van der Waals surface area contributed by atoms with Crippen LogP contribution in [0, 0.1) is 13.8 Å². The molecule has 0 fully saturated rings. The number of hydrogen-bond donors (Lipinski definition) is 1. The van der Waals surface area contributed by atoms with Crippen LogP contribution >= 0.6 is 0 Å². The summed E-state index contributed by atoms with van der Waals surface area (Å²) in [5.41, 5.74) is 9.37. The molecule has 3 aromatic rings. The van der Waals surface area contributed by atoms with E-state index in [4.69, 9.17) is 10.2 Å². The van der Waals surface area contributed by atoms with Crippen LogP contribution in [0.1, 0.15) is 11.1 Å². The van der Waals surface area contributed by atoms with E-state index < -0.39 is 0 Å². The van der Waals surface area contributed by atoms with Gasteiger partial charge in [-0.2, -0.15) is 0 Å². The first kappa shape index (κ1) is 10.8. The number of fused-ring (bicyclic) bond motifs is 1. The zero-order valence-corrected chi connectivity index (χ0v) is 10.3. The molecule has 0 aliphatic rings. The van der Waals surface area contributed by atoms with E-state index in [1.807, 2.05) is 25.1 Å². The monoisotopic (exact) mass is 239 g/mol. The molecule has 0 saturated carbocycles. The molecular weight excluding hydrogens is 226 g/mol. The van der Waals surface area contributed by atoms with Crippen molar-refractivity contribution in [1.29, 1.82) is 0 Å². The second kappa shape index (κ2) is 3.84. The summed E-state index contributed by atoms with van der Waals surface area (Å²) >= 11 is 0. The van der Waals surface area contributed by atoms with E-state index in [0.29, 0.717) is 0 Å². The third kappa shape index (κ3) is 1.72. The Morgan fingerprint density at radius 1 is 1.17 bits per heavy atom. The van der Waals surface area contributed by atoms with E-state index in [1.165, 1.54) is 5.56 Å². The maximum absolute atomic E-state index is 5.80. The quantitative estimate of drug-likeness (QED) is 0.708. The van der Waals surface area contributed by atoms with Crippen LogP contribution < -0.4 is 5.73 Å². The van der Waals surface area contributed by atoms with Gasteiger partial charge in [0.15, 0.2) is 5.76 Å². The van der Waals surface area contributed by atoms with Crippen molar-refractivity contribution in [2.75, 3.05) is 5.73 Å². The molecule has 2 aromatic heterocycles. The smallest absolute Gasteiger partial charge is 0.220 e. The van der Waals surface area contributed by atoms with Gasteiger partial charge in [-0.25, -0.2) is 9.97 Å². The zero-order chi connectivity index (χ0) is 12.7. The lowest BCUT2D eigenvalue weighted by atomic mass is 10.1. The molecule has 2 N–H and O–H groups in total. The van der Waals surface area contributed by atoms with Gasteiger partial charge in [0.1, 0.15) is 11.3 Å². The summed E-state index contributed by atoms with van der Waals surface area (Å²) in [6, 6.07) is 8.06. The van der Waals surface area contributed by atoms with Crippen molar-refractivity contribution in [2.45, 2.75) is 13.8 Å². The predicted octanol–water partition coefficient (Wildman–Crippen LogP) is 3.09. The van der Waals surface area contributed by atoms with Gasteiger partial charge in [-0.1, -0.05) is 11.6 Å². The summed E-state index contributed by atoms with van der Waals surface area (Å²) < 4.78 is 5.80. The second-order valence-electron chi connectivity index (χ2n) is 4.41. The molecule has 0 amide bonds. The summed E-state index contributed by atoms with van der Waals surface area (Å²) in [6.07, 6.45) is 1.70. The van der Waals surface area contributed by atoms with Crippen molar-refractivity contribution >= 4 is 16.9 Å². The van der Waals surface area contributed by atoms with E-state index in [-0.39, 0.29) is 5.95 Å². The van der Waals surface area contributed by atoms with Crippen LogP contribution in [0.3, 0.4) is 0 Å². The Morgan fingerprint density at radius 2 is 2.00 bits per heavy atom. The number of nitrogens with two attached hydrogens (primary N) is 1. The number of hydrogen-bond acceptors (Lipinski definition) is 4. The molecule has 2 heterocycles. The lowest BCUT2D eigenvalue weighted by molar-refractivity contribution is 0.628. The molecular formula is C14H13N3O. The fraction of sp³-hybridized carbons (Fsp3) is 0.143. The minimum Gasteiger partial charge on any atom is -0.454 e. The van der Waals surface area contributed by atoms with Crippen molar-refractivity contribution in [3.8, 4) is 11.5 Å². The van der Waals surface area contributed by atoms with E-state index in [0.717, 1.165) is 28.0 Å². The first-order valence-electron chi connectivity index (χ1n) is 5.73. The van der Waals surface area contributed by atoms with Gasteiger partial charge in [-0.05, 0) is 37.6 Å². The summed E-state index contributed by atoms with van der Waals surface area (Å²) in [6.45, 7) is 3.99. The molecule has 0 radical (unpaired) electrons. The largest absolute Gasteiger partial charge is 0.454 e. The summed E-state index contributed by atoms with van der Waals surface area (Å²) in [7, 11) is 0. The van der Waals surface area contributed by atoms with Gasteiger partial charge in [0.25, 0.3) is 0 Å². The SMILES string of the molecule is Cc1ccc2oc(-c3nc(N)ncc3C)cc2c1. The summed E-state index contributed by atoms with van der Waals surface area (Å²) in [4.78, 5) is 8.19. The Morgan fingerprint density at radius 3 is 2.83 bits per heavy atom. The maximum atomic E-state index is 5.80. The van der Waals surface area contributed by atoms with Crippen LogP contribution in [0.4, 0.5) is 5.95 Å². The molecule has 0 spiro atoms. The van der Waals surface area contributed by atoms with E-state index >= 15 is 0 Å². The molecule has 90 valence electrons. The first-order chi connectivity index (χ1) is 8.63. The Balaban J connectivity index is 2.22. The molecule has 0 saturated heterocycles. The first-order valence-corrected chi connectivity index (χ1v) is 5.73. The molecule has 1 aromatic carbocycles. The fourth-order valence-corrected chi connectivity index (χ4v) is 1.98. The third-order valence-electron chi connectivity index (χ3n) is 2.90. The van der Waals surface area contributed by atoms with Crippen LogP contribution in [0.5, 0.6) is 0 Å². The average Bonchev–Trinajstić information content (AvgIpc) is 2.74. The maximum Gasteiger partial charge on any atom is 0.220 e. The molecule has 4 heteroatoms. The van der Waals surface area contributed by atoms with Crippen molar-refractivity contribution in [3.05, 3.63) is 41.6 Å². The van der Waals surface area contributed by atoms with Gasteiger partial charge >= 0.3 is 0 Å². The van der Waals surface area contributed by atoms with Crippen LogP contribution in [-0.2, 0) is 0 Å². The van der Waals surface area contributed by atoms with Crippen molar-refractivity contribution in [2.24, 2.45) is 0 Å². The number of aromatic nitrogens is 2. The molecule has 0 unspecified atom stereocenters. The zero-order valence-electron chi connectivity index (χ0n) is 10.3. The topological polar surface area (TPSA) is 64.9 Å². The summed E-state index contributed by atoms with van der Waals surface area (Å²) in [5.74, 6) is 0.981. The lowest BCUT2D eigenvalue weighted by Crippen LogP contribution is -1.97. The fourth-order valence-electron chi connectivity index (χ4n) is 1.98. The highest BCUT2D eigenvalue weighted by Crippen LogP contribution is 2.29. The van der Waals surface area contributed by atoms with E-state index in [9.17, 15) is 0 Å². The van der Waals surface area contributed by atoms with Crippen molar-refractivity contribution in [3.63, 3.8) is 0 Å². The highest BCUT2D eigenvalue weighted by atomic mass is 16.3. The lowest BCUT2D eigenvalue weighted by Gasteiger charge is -2.00. The van der Waals surface area contributed by atoms with Gasteiger partial charge in [0.05, 0.1) is 0 Å². The van der Waals surface area contributed by atoms with Gasteiger partial charge in [0.2, 0.25) is 5.95 Å². The van der Waals surface area contributed by atoms with E-state index in [2.05, 4.69) is 23.0 Å². The van der Waals surface area contributed by atoms with Crippen molar-refractivity contribution in [1.82, 2.24) is 9.97 Å². The van der Waals surface area contributed by atoms with E-state index in [1.54, 1.807) is 6.20 Å². The number of nitrogens with zero attached hydrogens (tertiary/aromatic N) is 2. The predicted molar refractivity (Wildman–Crippen MR) is 71.1 cm³/mol. The van der Waals surface area contributed by atoms with Crippen LogP contribution in [0.15, 0.2) is 34.9 Å². The second-order valence-corrected chi connectivity index (χ2v) is 4.41. The van der Waals surface area contributed by atoms with Gasteiger partial charge in [0, 0.05) is 11.6 Å². The molecule has 0 aliphatic heterocycles. The number of rotatable bonds is 1. The molecule has 4 nitrogen and oxygen atoms in total. The number of furan rings is 1. The molecule has 0 bridgehead atoms. The van der Waals surface area contributed by atoms with Crippen LogP contribution in [-0.4, -0.2) is 9.97 Å². The third-order valence-corrected chi connectivity index (χ3v) is 2.90. The number of anilines is 1. The minimum atomic E-state index is 0.257. The highest BCUT2D eigenvalue weighted by molar-refractivity contribution is 5.83. The van der Waals surface area contributed by atoms with Gasteiger partial charge < -0.3 is 10.2 Å². The Hall–Kier alpha value is -2.36. The molecule has 18 heavy (non-hydrogen) atoms. The standard InChI is InChI=1S/C14H13N3O/c1-8-3-4-11-10(5-8)6-12(18-11)13-9(2)7-16-14(15)17-13/h3-7H,1-2H3,(H2,15,16,17). The normalized spacial score (nSPS) is 11.0. The van der Waals surface area contributed by atoms with Crippen LogP contribution in [0.25, 0.3) is 22.4 Å². The number of aryl methyl sites for hydroxylation is 2. The molecule has 3 rings (SSSR count). The Kier molecular flexibility index (Phi) is 2.30. The summed E-state index contributed by atoms with van der Waals surface area (Å²) in [5, 5.41) is 1.07. The Labute approximate surface area is 104 Å².